The number of likely N-dealkylation sites (N-methyl/N-ethyl adjacent to an activating group) is 1. The molecule has 0 aromatic heterocycles. The van der Waals surface area contributed by atoms with Crippen LogP contribution in [0.4, 0.5) is 5.69 Å². The third-order valence-corrected chi connectivity index (χ3v) is 2.83. The average molecular weight is 262 g/mol. The summed E-state index contributed by atoms with van der Waals surface area (Å²) in [4.78, 5) is 22.9. The van der Waals surface area contributed by atoms with Crippen LogP contribution in [0.25, 0.3) is 0 Å². The van der Waals surface area contributed by atoms with Gasteiger partial charge in [-0.3, -0.25) is 9.59 Å². The normalized spacial score (nSPS) is 10.3. The van der Waals surface area contributed by atoms with Crippen molar-refractivity contribution < 1.29 is 9.59 Å². The van der Waals surface area contributed by atoms with Crippen molar-refractivity contribution in [2.75, 3.05) is 12.4 Å². The van der Waals surface area contributed by atoms with Crippen molar-refractivity contribution in [3.8, 4) is 0 Å². The molecule has 1 aromatic carbocycles. The fourth-order valence-corrected chi connectivity index (χ4v) is 1.62. The summed E-state index contributed by atoms with van der Waals surface area (Å²) >= 11 is 0. The lowest BCUT2D eigenvalue weighted by Gasteiger charge is -2.07. The van der Waals surface area contributed by atoms with Crippen molar-refractivity contribution >= 4 is 17.5 Å². The van der Waals surface area contributed by atoms with Gasteiger partial charge >= 0.3 is 0 Å². The van der Waals surface area contributed by atoms with E-state index in [1.165, 1.54) is 0 Å². The van der Waals surface area contributed by atoms with Crippen molar-refractivity contribution in [3.05, 3.63) is 29.8 Å². The highest BCUT2D eigenvalue weighted by molar-refractivity contribution is 5.90. The fourth-order valence-electron chi connectivity index (χ4n) is 1.62. The summed E-state index contributed by atoms with van der Waals surface area (Å²) in [5.74, 6) is 0.544. The second kappa shape index (κ2) is 7.56. The van der Waals surface area contributed by atoms with Gasteiger partial charge in [-0.15, -0.1) is 0 Å². The summed E-state index contributed by atoms with van der Waals surface area (Å²) < 4.78 is 0. The molecule has 4 heteroatoms. The zero-order valence-corrected chi connectivity index (χ0v) is 11.8. The van der Waals surface area contributed by atoms with Crippen molar-refractivity contribution in [2.24, 2.45) is 5.92 Å². The minimum atomic E-state index is -0.0197. The topological polar surface area (TPSA) is 58.2 Å². The highest BCUT2D eigenvalue weighted by Crippen LogP contribution is 2.12. The van der Waals surface area contributed by atoms with Gasteiger partial charge in [-0.25, -0.2) is 0 Å². The lowest BCUT2D eigenvalue weighted by atomic mass is 10.1. The molecular weight excluding hydrogens is 240 g/mol. The maximum atomic E-state index is 11.7. The summed E-state index contributed by atoms with van der Waals surface area (Å²) in [7, 11) is 1.62. The third kappa shape index (κ3) is 6.04. The zero-order valence-electron chi connectivity index (χ0n) is 11.8. The standard InChI is InChI=1S/C15H22N2O2/c1-11(2)4-9-14(18)17-13-7-5-12(6-8-13)10-15(19)16-3/h5-8,11H,4,9-10H2,1-3H3,(H,16,19)(H,17,18). The molecule has 0 heterocycles. The summed E-state index contributed by atoms with van der Waals surface area (Å²) in [5.41, 5.74) is 1.70. The van der Waals surface area contributed by atoms with Crippen LogP contribution < -0.4 is 10.6 Å². The van der Waals surface area contributed by atoms with Crippen molar-refractivity contribution in [1.29, 1.82) is 0 Å². The van der Waals surface area contributed by atoms with E-state index in [1.54, 1.807) is 7.05 Å². The first-order valence-electron chi connectivity index (χ1n) is 6.60. The lowest BCUT2D eigenvalue weighted by molar-refractivity contribution is -0.120. The quantitative estimate of drug-likeness (QED) is 0.826. The van der Waals surface area contributed by atoms with E-state index in [4.69, 9.17) is 0 Å². The van der Waals surface area contributed by atoms with Crippen LogP contribution in [0.5, 0.6) is 0 Å². The number of nitrogens with one attached hydrogen (secondary N) is 2. The molecule has 104 valence electrons. The van der Waals surface area contributed by atoms with Gasteiger partial charge in [0.15, 0.2) is 0 Å². The molecule has 0 spiro atoms. The molecule has 0 aliphatic heterocycles. The van der Waals surface area contributed by atoms with E-state index in [9.17, 15) is 9.59 Å². The van der Waals surface area contributed by atoms with Gasteiger partial charge in [0.1, 0.15) is 0 Å². The predicted molar refractivity (Wildman–Crippen MR) is 76.9 cm³/mol. The molecule has 4 nitrogen and oxygen atoms in total. The Hall–Kier alpha value is -1.84. The van der Waals surface area contributed by atoms with Crippen LogP contribution in [0.3, 0.4) is 0 Å². The molecule has 0 unspecified atom stereocenters. The SMILES string of the molecule is CNC(=O)Cc1ccc(NC(=O)CCC(C)C)cc1. The van der Waals surface area contributed by atoms with Gasteiger partial charge in [-0.1, -0.05) is 26.0 Å². The van der Waals surface area contributed by atoms with Crippen LogP contribution in [0.2, 0.25) is 0 Å². The molecule has 2 N–H and O–H groups in total. The fraction of sp³-hybridized carbons (Fsp3) is 0.467. The van der Waals surface area contributed by atoms with Crippen molar-refractivity contribution in [1.82, 2.24) is 5.32 Å². The molecule has 0 fully saturated rings. The number of amides is 2. The van der Waals surface area contributed by atoms with Crippen LogP contribution in [-0.2, 0) is 16.0 Å². The number of carbonyl (C=O) groups excluding carboxylic acids is 2. The summed E-state index contributed by atoms with van der Waals surface area (Å²) in [6.07, 6.45) is 1.79. The number of carbonyl (C=O) groups is 2. The van der Waals surface area contributed by atoms with E-state index in [2.05, 4.69) is 24.5 Å². The molecule has 0 aliphatic carbocycles. The second-order valence-corrected chi connectivity index (χ2v) is 5.03. The number of anilines is 1. The van der Waals surface area contributed by atoms with E-state index < -0.39 is 0 Å². The molecular formula is C15H22N2O2. The number of hydrogen-bond donors (Lipinski definition) is 2. The van der Waals surface area contributed by atoms with Gasteiger partial charge in [-0.2, -0.15) is 0 Å². The second-order valence-electron chi connectivity index (χ2n) is 5.03. The smallest absolute Gasteiger partial charge is 0.224 e. The Balaban J connectivity index is 2.47. The summed E-state index contributed by atoms with van der Waals surface area (Å²) in [6, 6.07) is 7.36. The van der Waals surface area contributed by atoms with Crippen molar-refractivity contribution in [3.63, 3.8) is 0 Å². The first-order valence-corrected chi connectivity index (χ1v) is 6.60. The molecule has 1 aromatic rings. The van der Waals surface area contributed by atoms with Crippen LogP contribution in [0.1, 0.15) is 32.3 Å². The van der Waals surface area contributed by atoms with Gasteiger partial charge < -0.3 is 10.6 Å². The molecule has 0 saturated carbocycles. The maximum absolute atomic E-state index is 11.7. The predicted octanol–water partition coefficient (Wildman–Crippen LogP) is 2.35. The third-order valence-electron chi connectivity index (χ3n) is 2.83. The zero-order chi connectivity index (χ0) is 14.3. The molecule has 0 bridgehead atoms. The van der Waals surface area contributed by atoms with Crippen LogP contribution >= 0.6 is 0 Å². The van der Waals surface area contributed by atoms with E-state index in [0.29, 0.717) is 18.8 Å². The molecule has 0 radical (unpaired) electrons. The Morgan fingerprint density at radius 2 is 1.74 bits per heavy atom. The Morgan fingerprint density at radius 1 is 1.11 bits per heavy atom. The van der Waals surface area contributed by atoms with Gasteiger partial charge in [0.25, 0.3) is 0 Å². The van der Waals surface area contributed by atoms with E-state index in [-0.39, 0.29) is 11.8 Å². The molecule has 0 atom stereocenters. The molecule has 1 rings (SSSR count). The summed E-state index contributed by atoms with van der Waals surface area (Å²) in [6.45, 7) is 4.20. The molecule has 0 aliphatic rings. The first kappa shape index (κ1) is 15.2. The molecule has 19 heavy (non-hydrogen) atoms. The van der Waals surface area contributed by atoms with Crippen LogP contribution in [0.15, 0.2) is 24.3 Å². The molecule has 0 saturated heterocycles. The van der Waals surface area contributed by atoms with Crippen LogP contribution in [0, 0.1) is 5.92 Å². The highest BCUT2D eigenvalue weighted by atomic mass is 16.2. The lowest BCUT2D eigenvalue weighted by Crippen LogP contribution is -2.19. The Morgan fingerprint density at radius 3 is 2.26 bits per heavy atom. The molecule has 2 amide bonds. The maximum Gasteiger partial charge on any atom is 0.224 e. The van der Waals surface area contributed by atoms with Gasteiger partial charge in [-0.05, 0) is 30.0 Å². The first-order chi connectivity index (χ1) is 9.01. The number of benzene rings is 1. The minimum Gasteiger partial charge on any atom is -0.359 e. The van der Waals surface area contributed by atoms with E-state index >= 15 is 0 Å². The van der Waals surface area contributed by atoms with Crippen LogP contribution in [-0.4, -0.2) is 18.9 Å². The van der Waals surface area contributed by atoms with Gasteiger partial charge in [0, 0.05) is 19.2 Å². The summed E-state index contributed by atoms with van der Waals surface area (Å²) in [5, 5.41) is 5.43. The number of rotatable bonds is 6. The number of hydrogen-bond acceptors (Lipinski definition) is 2. The monoisotopic (exact) mass is 262 g/mol. The largest absolute Gasteiger partial charge is 0.359 e. The van der Waals surface area contributed by atoms with E-state index in [0.717, 1.165) is 17.7 Å². The Kier molecular flexibility index (Phi) is 6.06. The van der Waals surface area contributed by atoms with E-state index in [1.807, 2.05) is 24.3 Å². The Bertz CT molecular complexity index is 424. The van der Waals surface area contributed by atoms with Crippen molar-refractivity contribution in [2.45, 2.75) is 33.1 Å². The van der Waals surface area contributed by atoms with Gasteiger partial charge in [0.2, 0.25) is 11.8 Å². The Labute approximate surface area is 114 Å². The average Bonchev–Trinajstić information content (AvgIpc) is 2.38. The van der Waals surface area contributed by atoms with Gasteiger partial charge in [0.05, 0.1) is 6.42 Å². The minimum absolute atomic E-state index is 0.0197. The highest BCUT2D eigenvalue weighted by Gasteiger charge is 2.05.